The maximum absolute atomic E-state index is 10.9. The fourth-order valence-corrected chi connectivity index (χ4v) is 4.07. The average Bonchev–Trinajstić information content (AvgIpc) is 3.00. The Hall–Kier alpha value is -1.98. The SMILES string of the molecule is O[C@H]1[C@@H](OCc2ccccc2)[C@@H](COCc2ccccc2)N2CCC=C[C@H]12. The van der Waals surface area contributed by atoms with Crippen LogP contribution in [-0.2, 0) is 22.7 Å². The summed E-state index contributed by atoms with van der Waals surface area (Å²) in [5.74, 6) is 0. The summed E-state index contributed by atoms with van der Waals surface area (Å²) in [6.07, 6.45) is 4.49. The Morgan fingerprint density at radius 1 is 0.926 bits per heavy atom. The monoisotopic (exact) mass is 365 g/mol. The molecule has 2 aliphatic rings. The summed E-state index contributed by atoms with van der Waals surface area (Å²) in [5.41, 5.74) is 2.28. The summed E-state index contributed by atoms with van der Waals surface area (Å²) in [6, 6.07) is 20.4. The van der Waals surface area contributed by atoms with Crippen LogP contribution in [0.3, 0.4) is 0 Å². The second-order valence-electron chi connectivity index (χ2n) is 7.27. The molecule has 0 aromatic heterocycles. The third-order valence-corrected chi connectivity index (χ3v) is 5.45. The summed E-state index contributed by atoms with van der Waals surface area (Å²) in [6.45, 7) is 2.56. The van der Waals surface area contributed by atoms with Crippen LogP contribution in [0.15, 0.2) is 72.8 Å². The van der Waals surface area contributed by atoms with E-state index in [2.05, 4.69) is 41.3 Å². The highest BCUT2D eigenvalue weighted by atomic mass is 16.5. The van der Waals surface area contributed by atoms with Crippen molar-refractivity contribution in [1.29, 1.82) is 0 Å². The van der Waals surface area contributed by atoms with Gasteiger partial charge in [0.2, 0.25) is 0 Å². The van der Waals surface area contributed by atoms with Gasteiger partial charge in [-0.25, -0.2) is 0 Å². The van der Waals surface area contributed by atoms with Gasteiger partial charge < -0.3 is 14.6 Å². The molecule has 0 radical (unpaired) electrons. The minimum Gasteiger partial charge on any atom is -0.388 e. The molecule has 0 amide bonds. The van der Waals surface area contributed by atoms with Crippen LogP contribution in [0, 0.1) is 0 Å². The lowest BCUT2D eigenvalue weighted by atomic mass is 10.1. The first kappa shape index (κ1) is 18.4. The molecule has 4 rings (SSSR count). The molecule has 2 heterocycles. The highest BCUT2D eigenvalue weighted by molar-refractivity contribution is 5.16. The van der Waals surface area contributed by atoms with Crippen molar-refractivity contribution in [2.75, 3.05) is 13.2 Å². The molecule has 0 bridgehead atoms. The second kappa shape index (κ2) is 8.81. The summed E-state index contributed by atoms with van der Waals surface area (Å²) in [4.78, 5) is 2.34. The van der Waals surface area contributed by atoms with Crippen LogP contribution in [0.25, 0.3) is 0 Å². The van der Waals surface area contributed by atoms with Crippen LogP contribution in [-0.4, -0.2) is 47.4 Å². The Kier molecular flexibility index (Phi) is 6.00. The predicted molar refractivity (Wildman–Crippen MR) is 105 cm³/mol. The van der Waals surface area contributed by atoms with E-state index >= 15 is 0 Å². The molecule has 2 aromatic rings. The Balaban J connectivity index is 1.42. The summed E-state index contributed by atoms with van der Waals surface area (Å²) < 4.78 is 12.2. The molecular weight excluding hydrogens is 338 g/mol. The van der Waals surface area contributed by atoms with Gasteiger partial charge in [-0.05, 0) is 17.5 Å². The van der Waals surface area contributed by atoms with Crippen LogP contribution in [0.2, 0.25) is 0 Å². The maximum atomic E-state index is 10.9. The van der Waals surface area contributed by atoms with E-state index in [9.17, 15) is 5.11 Å². The first-order chi connectivity index (χ1) is 13.3. The smallest absolute Gasteiger partial charge is 0.103 e. The highest BCUT2D eigenvalue weighted by Gasteiger charge is 2.48. The Morgan fingerprint density at radius 3 is 2.30 bits per heavy atom. The van der Waals surface area contributed by atoms with Gasteiger partial charge in [-0.2, -0.15) is 0 Å². The van der Waals surface area contributed by atoms with Gasteiger partial charge in [0.15, 0.2) is 0 Å². The zero-order valence-electron chi connectivity index (χ0n) is 15.5. The van der Waals surface area contributed by atoms with Gasteiger partial charge in [0.25, 0.3) is 0 Å². The molecule has 1 N–H and O–H groups in total. The molecule has 0 aliphatic carbocycles. The van der Waals surface area contributed by atoms with E-state index < -0.39 is 6.10 Å². The first-order valence-electron chi connectivity index (χ1n) is 9.70. The van der Waals surface area contributed by atoms with Crippen molar-refractivity contribution in [3.63, 3.8) is 0 Å². The minimum absolute atomic E-state index is 0.0184. The summed E-state index contributed by atoms with van der Waals surface area (Å²) in [5, 5.41) is 10.9. The number of rotatable bonds is 7. The van der Waals surface area contributed by atoms with Crippen molar-refractivity contribution >= 4 is 0 Å². The standard InChI is InChI=1S/C23H27NO3/c25-22-20-13-7-8-14-24(20)21(17-26-15-18-9-3-1-4-10-18)23(22)27-16-19-11-5-2-6-12-19/h1-7,9-13,20-23,25H,8,14-17H2/t20-,21-,22-,23+/m1/s1. The lowest BCUT2D eigenvalue weighted by Gasteiger charge is -2.31. The number of ether oxygens (including phenoxy) is 2. The van der Waals surface area contributed by atoms with Crippen molar-refractivity contribution in [3.8, 4) is 0 Å². The van der Waals surface area contributed by atoms with Gasteiger partial charge >= 0.3 is 0 Å². The molecule has 142 valence electrons. The van der Waals surface area contributed by atoms with Crippen molar-refractivity contribution in [2.45, 2.75) is 43.9 Å². The normalized spacial score (nSPS) is 27.6. The van der Waals surface area contributed by atoms with Gasteiger partial charge in [0, 0.05) is 6.54 Å². The zero-order chi connectivity index (χ0) is 18.5. The molecule has 2 aromatic carbocycles. The number of fused-ring (bicyclic) bond motifs is 1. The van der Waals surface area contributed by atoms with Gasteiger partial charge in [0.1, 0.15) is 12.2 Å². The predicted octanol–water partition coefficient (Wildman–Crippen LogP) is 3.16. The third-order valence-electron chi connectivity index (χ3n) is 5.45. The second-order valence-corrected chi connectivity index (χ2v) is 7.27. The van der Waals surface area contributed by atoms with E-state index in [4.69, 9.17) is 9.47 Å². The quantitative estimate of drug-likeness (QED) is 0.766. The maximum Gasteiger partial charge on any atom is 0.103 e. The molecule has 1 fully saturated rings. The van der Waals surface area contributed by atoms with Crippen molar-refractivity contribution < 1.29 is 14.6 Å². The summed E-state index contributed by atoms with van der Waals surface area (Å²) >= 11 is 0. The minimum atomic E-state index is -0.532. The highest BCUT2D eigenvalue weighted by Crippen LogP contribution is 2.32. The van der Waals surface area contributed by atoms with Crippen LogP contribution in [0.4, 0.5) is 0 Å². The number of hydrogen-bond donors (Lipinski definition) is 1. The zero-order valence-corrected chi connectivity index (χ0v) is 15.5. The van der Waals surface area contributed by atoms with Gasteiger partial charge in [-0.3, -0.25) is 4.90 Å². The van der Waals surface area contributed by atoms with Crippen molar-refractivity contribution in [2.24, 2.45) is 0 Å². The molecule has 0 spiro atoms. The third kappa shape index (κ3) is 4.30. The van der Waals surface area contributed by atoms with E-state index in [0.717, 1.165) is 24.1 Å². The van der Waals surface area contributed by atoms with E-state index in [1.54, 1.807) is 0 Å². The van der Waals surface area contributed by atoms with Gasteiger partial charge in [-0.15, -0.1) is 0 Å². The number of aliphatic hydroxyl groups excluding tert-OH is 1. The van der Waals surface area contributed by atoms with E-state index in [1.807, 2.05) is 36.4 Å². The molecule has 1 saturated heterocycles. The molecule has 4 atom stereocenters. The largest absolute Gasteiger partial charge is 0.388 e. The number of aliphatic hydroxyl groups is 1. The Morgan fingerprint density at radius 2 is 1.59 bits per heavy atom. The lowest BCUT2D eigenvalue weighted by molar-refractivity contribution is -0.0560. The van der Waals surface area contributed by atoms with Crippen LogP contribution < -0.4 is 0 Å². The number of nitrogens with zero attached hydrogens (tertiary/aromatic N) is 1. The summed E-state index contributed by atoms with van der Waals surface area (Å²) in [7, 11) is 0. The Bertz CT molecular complexity index is 734. The van der Waals surface area contributed by atoms with Gasteiger partial charge in [-0.1, -0.05) is 72.8 Å². The van der Waals surface area contributed by atoms with E-state index in [1.165, 1.54) is 0 Å². The van der Waals surface area contributed by atoms with Crippen LogP contribution in [0.1, 0.15) is 17.5 Å². The van der Waals surface area contributed by atoms with E-state index in [-0.39, 0.29) is 18.2 Å². The Labute approximate surface area is 161 Å². The van der Waals surface area contributed by atoms with Crippen molar-refractivity contribution in [1.82, 2.24) is 4.90 Å². The van der Waals surface area contributed by atoms with Crippen LogP contribution >= 0.6 is 0 Å². The lowest BCUT2D eigenvalue weighted by Crippen LogP contribution is -2.43. The molecule has 0 unspecified atom stereocenters. The molecular formula is C23H27NO3. The van der Waals surface area contributed by atoms with Crippen molar-refractivity contribution in [3.05, 3.63) is 83.9 Å². The fourth-order valence-electron chi connectivity index (χ4n) is 4.07. The van der Waals surface area contributed by atoms with Gasteiger partial charge in [0.05, 0.1) is 31.9 Å². The van der Waals surface area contributed by atoms with Crippen LogP contribution in [0.5, 0.6) is 0 Å². The number of hydrogen-bond acceptors (Lipinski definition) is 4. The molecule has 27 heavy (non-hydrogen) atoms. The molecule has 2 aliphatic heterocycles. The van der Waals surface area contributed by atoms with E-state index in [0.29, 0.717) is 19.8 Å². The average molecular weight is 365 g/mol. The molecule has 0 saturated carbocycles. The molecule has 4 heteroatoms. The topological polar surface area (TPSA) is 41.9 Å². The first-order valence-corrected chi connectivity index (χ1v) is 9.70. The fraction of sp³-hybridized carbons (Fsp3) is 0.391. The number of benzene rings is 2. The molecule has 4 nitrogen and oxygen atoms in total.